The van der Waals surface area contributed by atoms with Gasteiger partial charge in [0, 0.05) is 22.5 Å². The zero-order chi connectivity index (χ0) is 22.2. The van der Waals surface area contributed by atoms with E-state index in [0.717, 1.165) is 16.5 Å². The number of H-pyrrole nitrogens is 1. The van der Waals surface area contributed by atoms with E-state index in [-0.39, 0.29) is 12.6 Å². The summed E-state index contributed by atoms with van der Waals surface area (Å²) in [5.41, 5.74) is 2.65. The van der Waals surface area contributed by atoms with Crippen LogP contribution in [-0.4, -0.2) is 32.8 Å². The standard InChI is InChI=1S/C23H21BrN6O2/c24-18-8-6-17(7-9-18)22-28-20(29-30-22)15-26-23(31)27-19-10-11-21(25-14-19)32-13-12-16-4-2-1-3-5-16/h1-11,14H,12-13,15H2,(H2,26,27,31)(H,28,29,30). The lowest BCUT2D eigenvalue weighted by Gasteiger charge is -2.08. The van der Waals surface area contributed by atoms with Crippen molar-refractivity contribution in [2.24, 2.45) is 0 Å². The van der Waals surface area contributed by atoms with Gasteiger partial charge in [0.2, 0.25) is 5.88 Å². The van der Waals surface area contributed by atoms with Crippen LogP contribution in [0.3, 0.4) is 0 Å². The highest BCUT2D eigenvalue weighted by Crippen LogP contribution is 2.18. The summed E-state index contributed by atoms with van der Waals surface area (Å²) >= 11 is 3.40. The molecule has 0 radical (unpaired) electrons. The fraction of sp³-hybridized carbons (Fsp3) is 0.130. The number of nitrogens with one attached hydrogen (secondary N) is 3. The summed E-state index contributed by atoms with van der Waals surface area (Å²) < 4.78 is 6.64. The van der Waals surface area contributed by atoms with Crippen molar-refractivity contribution >= 4 is 27.6 Å². The minimum absolute atomic E-state index is 0.212. The lowest BCUT2D eigenvalue weighted by atomic mass is 10.2. The van der Waals surface area contributed by atoms with Crippen molar-refractivity contribution < 1.29 is 9.53 Å². The molecule has 0 fully saturated rings. The molecule has 0 atom stereocenters. The number of aromatic nitrogens is 4. The summed E-state index contributed by atoms with van der Waals surface area (Å²) in [6.45, 7) is 0.743. The largest absolute Gasteiger partial charge is 0.477 e. The van der Waals surface area contributed by atoms with Crippen molar-refractivity contribution in [2.75, 3.05) is 11.9 Å². The van der Waals surface area contributed by atoms with Gasteiger partial charge in [-0.05, 0) is 23.8 Å². The monoisotopic (exact) mass is 492 g/mol. The van der Waals surface area contributed by atoms with E-state index < -0.39 is 0 Å². The molecule has 2 aromatic carbocycles. The van der Waals surface area contributed by atoms with Gasteiger partial charge in [-0.2, -0.15) is 5.10 Å². The third-order valence-corrected chi connectivity index (χ3v) is 5.06. The Kier molecular flexibility index (Phi) is 7.08. The molecule has 0 aliphatic rings. The molecule has 0 saturated carbocycles. The Morgan fingerprint density at radius 2 is 1.84 bits per heavy atom. The molecule has 4 rings (SSSR count). The number of rotatable bonds is 8. The molecule has 4 aromatic rings. The number of benzene rings is 2. The van der Waals surface area contributed by atoms with Crippen molar-refractivity contribution in [1.29, 1.82) is 0 Å². The van der Waals surface area contributed by atoms with Crippen molar-refractivity contribution in [2.45, 2.75) is 13.0 Å². The number of hydrogen-bond donors (Lipinski definition) is 3. The van der Waals surface area contributed by atoms with Gasteiger partial charge in [0.25, 0.3) is 0 Å². The minimum Gasteiger partial charge on any atom is -0.477 e. The van der Waals surface area contributed by atoms with Crippen LogP contribution in [0.25, 0.3) is 11.4 Å². The highest BCUT2D eigenvalue weighted by Gasteiger charge is 2.08. The van der Waals surface area contributed by atoms with Gasteiger partial charge in [0.05, 0.1) is 25.0 Å². The van der Waals surface area contributed by atoms with E-state index in [1.807, 2.05) is 42.5 Å². The first-order valence-corrected chi connectivity index (χ1v) is 10.8. The van der Waals surface area contributed by atoms with Crippen LogP contribution in [0.4, 0.5) is 10.5 Å². The number of urea groups is 1. The van der Waals surface area contributed by atoms with E-state index in [0.29, 0.717) is 29.8 Å². The predicted molar refractivity (Wildman–Crippen MR) is 125 cm³/mol. The third-order valence-electron chi connectivity index (χ3n) is 4.53. The lowest BCUT2D eigenvalue weighted by molar-refractivity contribution is 0.251. The topological polar surface area (TPSA) is 105 Å². The number of aromatic amines is 1. The quantitative estimate of drug-likeness (QED) is 0.334. The summed E-state index contributed by atoms with van der Waals surface area (Å²) in [5, 5.41) is 12.5. The minimum atomic E-state index is -0.369. The van der Waals surface area contributed by atoms with Crippen molar-refractivity contribution in [3.8, 4) is 17.3 Å². The smallest absolute Gasteiger partial charge is 0.319 e. The van der Waals surface area contributed by atoms with Crippen LogP contribution in [0.2, 0.25) is 0 Å². The summed E-state index contributed by atoms with van der Waals surface area (Å²) in [5.74, 6) is 1.63. The zero-order valence-corrected chi connectivity index (χ0v) is 18.7. The molecule has 0 aliphatic carbocycles. The highest BCUT2D eigenvalue weighted by atomic mass is 79.9. The maximum Gasteiger partial charge on any atom is 0.319 e. The lowest BCUT2D eigenvalue weighted by Crippen LogP contribution is -2.28. The first-order valence-electron chi connectivity index (χ1n) is 10.0. The Bertz CT molecular complexity index is 1150. The van der Waals surface area contributed by atoms with E-state index in [2.05, 4.69) is 58.9 Å². The van der Waals surface area contributed by atoms with Crippen molar-refractivity contribution in [3.05, 3.63) is 88.8 Å². The molecular weight excluding hydrogens is 472 g/mol. The van der Waals surface area contributed by atoms with Crippen molar-refractivity contribution in [1.82, 2.24) is 25.5 Å². The fourth-order valence-electron chi connectivity index (χ4n) is 2.90. The molecule has 9 heteroatoms. The maximum atomic E-state index is 12.2. The third kappa shape index (κ3) is 6.14. The Balaban J connectivity index is 1.21. The predicted octanol–water partition coefficient (Wildman–Crippen LogP) is 4.57. The maximum absolute atomic E-state index is 12.2. The van der Waals surface area contributed by atoms with Crippen LogP contribution in [0.1, 0.15) is 11.4 Å². The van der Waals surface area contributed by atoms with Crippen LogP contribution in [0.5, 0.6) is 5.88 Å². The second-order valence-corrected chi connectivity index (χ2v) is 7.81. The molecule has 2 heterocycles. The van der Waals surface area contributed by atoms with E-state index in [4.69, 9.17) is 4.74 Å². The Morgan fingerprint density at radius 1 is 1.03 bits per heavy atom. The molecule has 0 bridgehead atoms. The van der Waals surface area contributed by atoms with Gasteiger partial charge in [-0.1, -0.05) is 58.4 Å². The first-order chi connectivity index (χ1) is 15.7. The number of hydrogen-bond acceptors (Lipinski definition) is 5. The summed E-state index contributed by atoms with van der Waals surface area (Å²) in [4.78, 5) is 20.8. The van der Waals surface area contributed by atoms with Gasteiger partial charge in [-0.3, -0.25) is 5.10 Å². The average molecular weight is 493 g/mol. The van der Waals surface area contributed by atoms with Crippen LogP contribution in [0, 0.1) is 0 Å². The second kappa shape index (κ2) is 10.5. The number of anilines is 1. The van der Waals surface area contributed by atoms with E-state index >= 15 is 0 Å². The number of carbonyl (C=O) groups is 1. The summed E-state index contributed by atoms with van der Waals surface area (Å²) in [6.07, 6.45) is 2.35. The molecule has 2 amide bonds. The molecule has 162 valence electrons. The molecule has 8 nitrogen and oxygen atoms in total. The number of amides is 2. The number of halogens is 1. The molecule has 2 aromatic heterocycles. The molecular formula is C23H21BrN6O2. The summed E-state index contributed by atoms with van der Waals surface area (Å²) in [7, 11) is 0. The van der Waals surface area contributed by atoms with Crippen molar-refractivity contribution in [3.63, 3.8) is 0 Å². The molecule has 0 saturated heterocycles. The SMILES string of the molecule is O=C(NCc1nc(-c2ccc(Br)cc2)n[nH]1)Nc1ccc(OCCc2ccccc2)nc1. The molecule has 3 N–H and O–H groups in total. The average Bonchev–Trinajstić information content (AvgIpc) is 3.29. The van der Waals surface area contributed by atoms with E-state index in [9.17, 15) is 4.79 Å². The highest BCUT2D eigenvalue weighted by molar-refractivity contribution is 9.10. The normalized spacial score (nSPS) is 10.5. The Morgan fingerprint density at radius 3 is 2.59 bits per heavy atom. The van der Waals surface area contributed by atoms with Crippen LogP contribution >= 0.6 is 15.9 Å². The zero-order valence-electron chi connectivity index (χ0n) is 17.1. The second-order valence-electron chi connectivity index (χ2n) is 6.89. The number of pyridine rings is 1. The van der Waals surface area contributed by atoms with Crippen LogP contribution < -0.4 is 15.4 Å². The Labute approximate surface area is 193 Å². The van der Waals surface area contributed by atoms with Gasteiger partial charge in [-0.15, -0.1) is 0 Å². The van der Waals surface area contributed by atoms with Gasteiger partial charge < -0.3 is 15.4 Å². The number of nitrogens with zero attached hydrogens (tertiary/aromatic N) is 3. The van der Waals surface area contributed by atoms with Gasteiger partial charge >= 0.3 is 6.03 Å². The van der Waals surface area contributed by atoms with Gasteiger partial charge in [0.15, 0.2) is 5.82 Å². The van der Waals surface area contributed by atoms with Gasteiger partial charge in [-0.25, -0.2) is 14.8 Å². The summed E-state index contributed by atoms with van der Waals surface area (Å²) in [6, 6.07) is 20.9. The number of ether oxygens (including phenoxy) is 1. The Hall–Kier alpha value is -3.72. The molecule has 0 unspecified atom stereocenters. The molecule has 0 aliphatic heterocycles. The van der Waals surface area contributed by atoms with Crippen LogP contribution in [-0.2, 0) is 13.0 Å². The van der Waals surface area contributed by atoms with Crippen LogP contribution in [0.15, 0.2) is 77.4 Å². The number of carbonyl (C=O) groups excluding carboxylic acids is 1. The van der Waals surface area contributed by atoms with E-state index in [1.54, 1.807) is 18.3 Å². The molecule has 32 heavy (non-hydrogen) atoms. The molecule has 0 spiro atoms. The van der Waals surface area contributed by atoms with E-state index in [1.165, 1.54) is 5.56 Å². The van der Waals surface area contributed by atoms with Gasteiger partial charge in [0.1, 0.15) is 5.82 Å². The first kappa shape index (κ1) is 21.5. The fourth-order valence-corrected chi connectivity index (χ4v) is 3.16.